The molecule has 0 amide bonds. The molecular formula is C11H8BrNO2. The number of nitriles is 1. The van der Waals surface area contributed by atoms with Crippen molar-refractivity contribution < 1.29 is 9.59 Å². The van der Waals surface area contributed by atoms with Gasteiger partial charge in [-0.05, 0) is 18.6 Å². The summed E-state index contributed by atoms with van der Waals surface area (Å²) in [6.07, 6.45) is 0.668. The number of aldehydes is 1. The number of alkyl halides is 1. The third-order valence-electron chi connectivity index (χ3n) is 1.96. The molecule has 0 fully saturated rings. The van der Waals surface area contributed by atoms with Gasteiger partial charge in [0.05, 0.1) is 16.5 Å². The third kappa shape index (κ3) is 2.51. The molecule has 0 N–H and O–H groups in total. The number of nitrogens with zero attached hydrogens (tertiary/aromatic N) is 1. The van der Waals surface area contributed by atoms with Crippen LogP contribution >= 0.6 is 15.9 Å². The van der Waals surface area contributed by atoms with E-state index in [4.69, 9.17) is 5.26 Å². The minimum atomic E-state index is -0.493. The van der Waals surface area contributed by atoms with Crippen LogP contribution in [0.2, 0.25) is 0 Å². The average Bonchev–Trinajstić information content (AvgIpc) is 2.27. The summed E-state index contributed by atoms with van der Waals surface area (Å²) in [6, 6.07) is 6.63. The number of carbonyl (C=O) groups excluding carboxylic acids is 2. The second-order valence-corrected chi connectivity index (χ2v) is 3.97. The maximum Gasteiger partial charge on any atom is 0.150 e. The lowest BCUT2D eigenvalue weighted by molar-refractivity contribution is -0.116. The molecule has 0 aliphatic heterocycles. The first-order chi connectivity index (χ1) is 7.10. The highest BCUT2D eigenvalue weighted by molar-refractivity contribution is 9.09. The summed E-state index contributed by atoms with van der Waals surface area (Å²) in [6.45, 7) is 1.44. The number of Topliss-reactive ketones (excluding diaryl/α,β-unsaturated/α-hetero) is 1. The van der Waals surface area contributed by atoms with Crippen molar-refractivity contribution in [1.29, 1.82) is 5.26 Å². The van der Waals surface area contributed by atoms with Crippen molar-refractivity contribution in [2.45, 2.75) is 11.8 Å². The first-order valence-corrected chi connectivity index (χ1v) is 5.15. The van der Waals surface area contributed by atoms with Crippen LogP contribution in [0.1, 0.15) is 33.2 Å². The largest absolute Gasteiger partial charge is 0.298 e. The second-order valence-electron chi connectivity index (χ2n) is 3.05. The summed E-state index contributed by atoms with van der Waals surface area (Å²) in [7, 11) is 0. The number of rotatable bonds is 3. The van der Waals surface area contributed by atoms with Gasteiger partial charge < -0.3 is 0 Å². The molecule has 0 heterocycles. The molecule has 4 heteroatoms. The summed E-state index contributed by atoms with van der Waals surface area (Å²) in [5.41, 5.74) is 1.37. The number of halogens is 1. The van der Waals surface area contributed by atoms with Crippen LogP contribution in [0.4, 0.5) is 0 Å². The maximum absolute atomic E-state index is 11.1. The highest BCUT2D eigenvalue weighted by Crippen LogP contribution is 2.27. The van der Waals surface area contributed by atoms with E-state index < -0.39 is 4.83 Å². The molecule has 1 aromatic rings. The van der Waals surface area contributed by atoms with Gasteiger partial charge in [0.15, 0.2) is 0 Å². The lowest BCUT2D eigenvalue weighted by Gasteiger charge is -2.08. The quantitative estimate of drug-likeness (QED) is 0.623. The molecule has 0 saturated carbocycles. The van der Waals surface area contributed by atoms with Crippen molar-refractivity contribution in [3.8, 4) is 6.07 Å². The summed E-state index contributed by atoms with van der Waals surface area (Å²) in [4.78, 5) is 21.1. The van der Waals surface area contributed by atoms with E-state index in [1.807, 2.05) is 6.07 Å². The summed E-state index contributed by atoms with van der Waals surface area (Å²) in [5, 5.41) is 8.87. The van der Waals surface area contributed by atoms with Crippen LogP contribution < -0.4 is 0 Å². The molecule has 1 aromatic carbocycles. The number of benzene rings is 1. The molecule has 0 bridgehead atoms. The molecule has 0 aliphatic rings. The monoisotopic (exact) mass is 265 g/mol. The Morgan fingerprint density at radius 2 is 2.27 bits per heavy atom. The van der Waals surface area contributed by atoms with Gasteiger partial charge in [-0.15, -0.1) is 0 Å². The Morgan fingerprint density at radius 1 is 1.60 bits per heavy atom. The van der Waals surface area contributed by atoms with Crippen molar-refractivity contribution in [3.05, 3.63) is 34.9 Å². The smallest absolute Gasteiger partial charge is 0.150 e. The zero-order chi connectivity index (χ0) is 11.4. The number of hydrogen-bond donors (Lipinski definition) is 0. The number of carbonyl (C=O) groups is 2. The standard InChI is InChI=1S/C11H8BrNO2/c1-7(15)11(12)10-3-2-8(6-14)4-9(10)5-13/h2-4,6,11H,1H3. The van der Waals surface area contributed by atoms with Crippen molar-refractivity contribution in [3.63, 3.8) is 0 Å². The molecule has 0 aromatic heterocycles. The molecule has 1 atom stereocenters. The minimum Gasteiger partial charge on any atom is -0.298 e. The van der Waals surface area contributed by atoms with Crippen LogP contribution in [0.3, 0.4) is 0 Å². The van der Waals surface area contributed by atoms with Crippen LogP contribution in [0, 0.1) is 11.3 Å². The molecule has 3 nitrogen and oxygen atoms in total. The minimum absolute atomic E-state index is 0.0784. The van der Waals surface area contributed by atoms with Crippen molar-refractivity contribution in [2.75, 3.05) is 0 Å². The molecule has 0 radical (unpaired) electrons. The van der Waals surface area contributed by atoms with Gasteiger partial charge in [0.2, 0.25) is 0 Å². The fraction of sp³-hybridized carbons (Fsp3) is 0.182. The first-order valence-electron chi connectivity index (χ1n) is 4.24. The van der Waals surface area contributed by atoms with Crippen molar-refractivity contribution in [1.82, 2.24) is 0 Å². The van der Waals surface area contributed by atoms with E-state index in [9.17, 15) is 9.59 Å². The lowest BCUT2D eigenvalue weighted by atomic mass is 10.0. The fourth-order valence-electron chi connectivity index (χ4n) is 1.18. The second kappa shape index (κ2) is 4.85. The summed E-state index contributed by atoms with van der Waals surface area (Å²) < 4.78 is 0. The SMILES string of the molecule is CC(=O)C(Br)c1ccc(C=O)cc1C#N. The predicted octanol–water partition coefficient (Wildman–Crippen LogP) is 2.40. The first kappa shape index (κ1) is 11.6. The van der Waals surface area contributed by atoms with E-state index in [1.54, 1.807) is 12.1 Å². The Hall–Kier alpha value is -1.47. The number of hydrogen-bond acceptors (Lipinski definition) is 3. The zero-order valence-corrected chi connectivity index (χ0v) is 9.61. The molecule has 0 spiro atoms. The van der Waals surface area contributed by atoms with Crippen LogP contribution in [-0.2, 0) is 4.79 Å². The molecule has 76 valence electrons. The van der Waals surface area contributed by atoms with Crippen molar-refractivity contribution >= 4 is 28.0 Å². The zero-order valence-electron chi connectivity index (χ0n) is 8.03. The topological polar surface area (TPSA) is 57.9 Å². The Labute approximate surface area is 95.8 Å². The van der Waals surface area contributed by atoms with Gasteiger partial charge in [0.1, 0.15) is 12.1 Å². The predicted molar refractivity (Wildman–Crippen MR) is 58.9 cm³/mol. The van der Waals surface area contributed by atoms with E-state index >= 15 is 0 Å². The van der Waals surface area contributed by atoms with E-state index in [-0.39, 0.29) is 5.78 Å². The third-order valence-corrected chi connectivity index (χ3v) is 3.10. The van der Waals surface area contributed by atoms with Gasteiger partial charge in [-0.2, -0.15) is 5.26 Å². The van der Waals surface area contributed by atoms with E-state index in [1.165, 1.54) is 13.0 Å². The highest BCUT2D eigenvalue weighted by atomic mass is 79.9. The molecule has 1 unspecified atom stereocenters. The van der Waals surface area contributed by atoms with Crippen LogP contribution in [-0.4, -0.2) is 12.1 Å². The van der Waals surface area contributed by atoms with E-state index in [0.717, 1.165) is 0 Å². The van der Waals surface area contributed by atoms with Gasteiger partial charge in [0, 0.05) is 5.56 Å². The Kier molecular flexibility index (Phi) is 3.75. The van der Waals surface area contributed by atoms with Gasteiger partial charge in [-0.1, -0.05) is 28.1 Å². The Balaban J connectivity index is 3.26. The normalized spacial score (nSPS) is 11.5. The van der Waals surface area contributed by atoms with Crippen LogP contribution in [0.5, 0.6) is 0 Å². The van der Waals surface area contributed by atoms with E-state index in [0.29, 0.717) is 23.0 Å². The summed E-state index contributed by atoms with van der Waals surface area (Å²) in [5.74, 6) is -0.0784. The van der Waals surface area contributed by atoms with Gasteiger partial charge in [0.25, 0.3) is 0 Å². The molecule has 0 aliphatic carbocycles. The molecular weight excluding hydrogens is 258 g/mol. The lowest BCUT2D eigenvalue weighted by Crippen LogP contribution is -2.03. The van der Waals surface area contributed by atoms with Crippen molar-refractivity contribution in [2.24, 2.45) is 0 Å². The molecule has 15 heavy (non-hydrogen) atoms. The Morgan fingerprint density at radius 3 is 2.73 bits per heavy atom. The number of ketones is 1. The average molecular weight is 266 g/mol. The summed E-state index contributed by atoms with van der Waals surface area (Å²) >= 11 is 3.20. The maximum atomic E-state index is 11.1. The fourth-order valence-corrected chi connectivity index (χ4v) is 1.58. The molecule has 1 rings (SSSR count). The highest BCUT2D eigenvalue weighted by Gasteiger charge is 2.16. The Bertz CT molecular complexity index is 448. The van der Waals surface area contributed by atoms with E-state index in [2.05, 4.69) is 15.9 Å². The van der Waals surface area contributed by atoms with Gasteiger partial charge in [-0.3, -0.25) is 9.59 Å². The van der Waals surface area contributed by atoms with Crippen LogP contribution in [0.15, 0.2) is 18.2 Å². The van der Waals surface area contributed by atoms with Gasteiger partial charge >= 0.3 is 0 Å². The molecule has 0 saturated heterocycles. The van der Waals surface area contributed by atoms with Gasteiger partial charge in [-0.25, -0.2) is 0 Å². The van der Waals surface area contributed by atoms with Crippen LogP contribution in [0.25, 0.3) is 0 Å².